The molecule has 1 radical (unpaired) electrons. The van der Waals surface area contributed by atoms with Crippen LogP contribution in [0.25, 0.3) is 0 Å². The molecule has 0 N–H and O–H groups in total. The Morgan fingerprint density at radius 1 is 1.78 bits per heavy atom. The van der Waals surface area contributed by atoms with Crippen LogP contribution in [-0.2, 0) is 9.47 Å². The molecule has 0 bridgehead atoms. The van der Waals surface area contributed by atoms with Crippen molar-refractivity contribution in [1.29, 1.82) is 0 Å². The minimum atomic E-state index is -0.726. The fourth-order valence-electron chi connectivity index (χ4n) is 0.404. The van der Waals surface area contributed by atoms with Crippen LogP contribution < -0.4 is 0 Å². The van der Waals surface area contributed by atoms with Crippen LogP contribution in [-0.4, -0.2) is 18.2 Å². The summed E-state index contributed by atoms with van der Waals surface area (Å²) in [5.74, 6) is 0. The lowest BCUT2D eigenvalue weighted by Gasteiger charge is -2.08. The van der Waals surface area contributed by atoms with Crippen molar-refractivity contribution in [2.75, 3.05) is 6.61 Å². The molecule has 1 atom stereocenters. The van der Waals surface area contributed by atoms with Crippen LogP contribution in [0.1, 0.15) is 13.8 Å². The predicted octanol–water partition coefficient (Wildman–Crippen LogP) is 1.70. The summed E-state index contributed by atoms with van der Waals surface area (Å²) < 4.78 is 9.29. The largest absolute Gasteiger partial charge is 0.425 e. The average Bonchev–Trinajstić information content (AvgIpc) is 1.63. The van der Waals surface area contributed by atoms with Gasteiger partial charge >= 0.3 is 5.30 Å². The first-order chi connectivity index (χ1) is 4.16. The molecule has 0 aromatic heterocycles. The summed E-state index contributed by atoms with van der Waals surface area (Å²) in [7, 11) is 0. The summed E-state index contributed by atoms with van der Waals surface area (Å²) in [4.78, 5) is 10.0. The van der Waals surface area contributed by atoms with Gasteiger partial charge in [-0.1, -0.05) is 0 Å². The molecular formula is C5H9O3S. The zero-order chi connectivity index (χ0) is 7.28. The molecule has 0 aliphatic carbocycles. The first-order valence-corrected chi connectivity index (χ1v) is 3.07. The Labute approximate surface area is 59.7 Å². The molecule has 53 valence electrons. The zero-order valence-corrected chi connectivity index (χ0v) is 6.23. The molecule has 0 heterocycles. The summed E-state index contributed by atoms with van der Waals surface area (Å²) in [6, 6.07) is 0. The van der Waals surface area contributed by atoms with E-state index in [-0.39, 0.29) is 0 Å². The molecule has 0 spiro atoms. The van der Waals surface area contributed by atoms with Crippen LogP contribution in [0.15, 0.2) is 0 Å². The lowest BCUT2D eigenvalue weighted by atomic mass is 10.7. The minimum absolute atomic E-state index is 0.514. The van der Waals surface area contributed by atoms with Crippen LogP contribution in [0.2, 0.25) is 0 Å². The Morgan fingerprint density at radius 3 is 2.67 bits per heavy atom. The maximum Gasteiger partial charge on any atom is 0.402 e. The molecule has 0 aromatic carbocycles. The van der Waals surface area contributed by atoms with Crippen molar-refractivity contribution < 1.29 is 14.3 Å². The first kappa shape index (κ1) is 8.65. The number of hydrogen-bond donors (Lipinski definition) is 0. The smallest absolute Gasteiger partial charge is 0.402 e. The Morgan fingerprint density at radius 2 is 2.33 bits per heavy atom. The van der Waals surface area contributed by atoms with Crippen LogP contribution in [0, 0.1) is 0 Å². The van der Waals surface area contributed by atoms with E-state index in [2.05, 4.69) is 17.4 Å². The molecule has 0 rings (SSSR count). The number of carbonyl (C=O) groups is 1. The molecule has 9 heavy (non-hydrogen) atoms. The standard InChI is InChI=1S/C5H9O3S/c1-3-7-4(2)8-5(6)9/h4H,3H2,1-2H3. The van der Waals surface area contributed by atoms with Gasteiger partial charge < -0.3 is 9.47 Å². The Balaban J connectivity index is 3.26. The average molecular weight is 149 g/mol. The number of ether oxygens (including phenoxy) is 2. The quantitative estimate of drug-likeness (QED) is 0.452. The van der Waals surface area contributed by atoms with Gasteiger partial charge in [-0.15, -0.1) is 0 Å². The predicted molar refractivity (Wildman–Crippen MR) is 35.2 cm³/mol. The number of rotatable bonds is 3. The Bertz CT molecular complexity index is 94.2. The molecule has 0 aromatic rings. The van der Waals surface area contributed by atoms with Gasteiger partial charge in [0.15, 0.2) is 0 Å². The monoisotopic (exact) mass is 149 g/mol. The summed E-state index contributed by atoms with van der Waals surface area (Å²) in [6.45, 7) is 3.95. The molecule has 0 amide bonds. The van der Waals surface area contributed by atoms with Gasteiger partial charge in [-0.05, 0) is 13.8 Å². The van der Waals surface area contributed by atoms with Crippen molar-refractivity contribution in [3.63, 3.8) is 0 Å². The van der Waals surface area contributed by atoms with Crippen molar-refractivity contribution in [2.45, 2.75) is 20.1 Å². The molecule has 1 unspecified atom stereocenters. The third kappa shape index (κ3) is 5.52. The molecule has 3 nitrogen and oxygen atoms in total. The van der Waals surface area contributed by atoms with Gasteiger partial charge in [0.05, 0.1) is 0 Å². The van der Waals surface area contributed by atoms with E-state index >= 15 is 0 Å². The van der Waals surface area contributed by atoms with Crippen LogP contribution in [0.5, 0.6) is 0 Å². The summed E-state index contributed by atoms with van der Waals surface area (Å²) >= 11 is 4.13. The van der Waals surface area contributed by atoms with Gasteiger partial charge in [-0.2, -0.15) is 0 Å². The third-order valence-electron chi connectivity index (χ3n) is 0.664. The van der Waals surface area contributed by atoms with Gasteiger partial charge in [0.2, 0.25) is 6.29 Å². The topological polar surface area (TPSA) is 35.5 Å². The van der Waals surface area contributed by atoms with Crippen molar-refractivity contribution in [2.24, 2.45) is 0 Å². The fraction of sp³-hybridized carbons (Fsp3) is 0.800. The highest BCUT2D eigenvalue weighted by molar-refractivity contribution is 7.96. The number of carbonyl (C=O) groups excluding carboxylic acids is 1. The molecule has 0 aliphatic heterocycles. The first-order valence-electron chi connectivity index (χ1n) is 2.66. The van der Waals surface area contributed by atoms with Gasteiger partial charge in [-0.3, -0.25) is 0 Å². The lowest BCUT2D eigenvalue weighted by molar-refractivity contribution is -0.0787. The Kier molecular flexibility index (Phi) is 4.35. The Hall–Kier alpha value is -0.350. The highest BCUT2D eigenvalue weighted by atomic mass is 32.1. The highest BCUT2D eigenvalue weighted by Gasteiger charge is 2.03. The van der Waals surface area contributed by atoms with Crippen LogP contribution in [0.3, 0.4) is 0 Å². The van der Waals surface area contributed by atoms with Gasteiger partial charge in [0.25, 0.3) is 0 Å². The maximum atomic E-state index is 10.0. The summed E-state index contributed by atoms with van der Waals surface area (Å²) in [6.07, 6.45) is -0.514. The molecular weight excluding hydrogens is 140 g/mol. The second-order valence-corrected chi connectivity index (χ2v) is 1.72. The summed E-state index contributed by atoms with van der Waals surface area (Å²) in [5, 5.41) is -0.726. The lowest BCUT2D eigenvalue weighted by Crippen LogP contribution is -2.13. The second kappa shape index (κ2) is 4.52. The highest BCUT2D eigenvalue weighted by Crippen LogP contribution is 1.96. The molecule has 0 aliphatic rings. The summed E-state index contributed by atoms with van der Waals surface area (Å²) in [5.41, 5.74) is 0. The van der Waals surface area contributed by atoms with E-state index in [4.69, 9.17) is 4.74 Å². The molecule has 0 fully saturated rings. The van der Waals surface area contributed by atoms with Gasteiger partial charge in [0.1, 0.15) is 0 Å². The fourth-order valence-corrected chi connectivity index (χ4v) is 0.540. The van der Waals surface area contributed by atoms with E-state index in [1.54, 1.807) is 6.92 Å². The molecule has 4 heteroatoms. The minimum Gasteiger partial charge on any atom is -0.425 e. The number of hydrogen-bond acceptors (Lipinski definition) is 3. The van der Waals surface area contributed by atoms with Crippen molar-refractivity contribution in [3.05, 3.63) is 0 Å². The van der Waals surface area contributed by atoms with Crippen molar-refractivity contribution >= 4 is 17.9 Å². The normalized spacial score (nSPS) is 12.7. The maximum absolute atomic E-state index is 10.0. The SMILES string of the molecule is CCOC(C)OC(=O)[S]. The third-order valence-corrected chi connectivity index (χ3v) is 0.760. The molecule has 0 saturated carbocycles. The van der Waals surface area contributed by atoms with Gasteiger partial charge in [-0.25, -0.2) is 4.79 Å². The van der Waals surface area contributed by atoms with E-state index in [0.29, 0.717) is 6.61 Å². The molecule has 0 saturated heterocycles. The van der Waals surface area contributed by atoms with E-state index in [1.165, 1.54) is 0 Å². The van der Waals surface area contributed by atoms with E-state index in [9.17, 15) is 4.79 Å². The van der Waals surface area contributed by atoms with E-state index < -0.39 is 11.6 Å². The van der Waals surface area contributed by atoms with Crippen LogP contribution in [0.4, 0.5) is 4.79 Å². The zero-order valence-electron chi connectivity index (χ0n) is 5.42. The van der Waals surface area contributed by atoms with E-state index in [0.717, 1.165) is 0 Å². The van der Waals surface area contributed by atoms with Crippen molar-refractivity contribution in [3.8, 4) is 0 Å². The second-order valence-electron chi connectivity index (χ2n) is 1.39. The van der Waals surface area contributed by atoms with Crippen molar-refractivity contribution in [1.82, 2.24) is 0 Å². The van der Waals surface area contributed by atoms with Crippen LogP contribution >= 0.6 is 12.6 Å². The van der Waals surface area contributed by atoms with Gasteiger partial charge in [0, 0.05) is 19.2 Å². The van der Waals surface area contributed by atoms with E-state index in [1.807, 2.05) is 6.92 Å².